The molecule has 36 heavy (non-hydrogen) atoms. The van der Waals surface area contributed by atoms with Crippen LogP contribution in [0, 0.1) is 28.6 Å². The van der Waals surface area contributed by atoms with Crippen LogP contribution in [-0.2, 0) is 4.74 Å². The van der Waals surface area contributed by atoms with Crippen LogP contribution >= 0.6 is 0 Å². The average Bonchev–Trinajstić information content (AvgIpc) is 2.84. The molecule has 1 aromatic carbocycles. The molecule has 4 aliphatic rings. The Kier molecular flexibility index (Phi) is 6.17. The van der Waals surface area contributed by atoms with Crippen molar-refractivity contribution in [1.29, 1.82) is 0 Å². The quantitative estimate of drug-likeness (QED) is 0.511. The number of fused-ring (bicyclic) bond motifs is 2. The Bertz CT molecular complexity index is 1200. The summed E-state index contributed by atoms with van der Waals surface area (Å²) in [6.45, 7) is 12.8. The molecule has 4 nitrogen and oxygen atoms in total. The minimum Gasteiger partial charge on any atom is -0.489 e. The number of allylic oxidation sites excluding steroid dienone is 7. The van der Waals surface area contributed by atoms with E-state index in [2.05, 4.69) is 65.8 Å². The molecule has 1 fully saturated rings. The van der Waals surface area contributed by atoms with Crippen molar-refractivity contribution in [2.24, 2.45) is 28.6 Å². The molecule has 0 saturated heterocycles. The fourth-order valence-electron chi connectivity index (χ4n) is 5.25. The number of aliphatic hydroxyl groups excluding tert-OH is 2. The molecule has 0 radical (unpaired) electrons. The van der Waals surface area contributed by atoms with Gasteiger partial charge in [0.25, 0.3) is 0 Å². The Morgan fingerprint density at radius 2 is 1.42 bits per heavy atom. The van der Waals surface area contributed by atoms with E-state index in [1.165, 1.54) is 0 Å². The number of benzene rings is 1. The molecule has 1 saturated carbocycles. The maximum absolute atomic E-state index is 11.2. The summed E-state index contributed by atoms with van der Waals surface area (Å²) in [4.78, 5) is 0. The van der Waals surface area contributed by atoms with E-state index >= 15 is 0 Å². The molecule has 4 unspecified atom stereocenters. The summed E-state index contributed by atoms with van der Waals surface area (Å²) in [5, 5.41) is 22.4. The minimum atomic E-state index is -0.669. The molecule has 5 rings (SSSR count). The van der Waals surface area contributed by atoms with Gasteiger partial charge in [-0.25, -0.2) is 0 Å². The van der Waals surface area contributed by atoms with Gasteiger partial charge in [-0.15, -0.1) is 0 Å². The highest BCUT2D eigenvalue weighted by atomic mass is 16.5. The molecule has 190 valence electrons. The summed E-state index contributed by atoms with van der Waals surface area (Å²) < 4.78 is 12.5. The second kappa shape index (κ2) is 8.93. The lowest BCUT2D eigenvalue weighted by atomic mass is 9.66. The lowest BCUT2D eigenvalue weighted by Gasteiger charge is -2.45. The molecule has 0 bridgehead atoms. The molecular weight excluding hydrogens is 448 g/mol. The Hall–Kier alpha value is -2.82. The largest absolute Gasteiger partial charge is 0.489 e. The number of ether oxygens (including phenoxy) is 2. The van der Waals surface area contributed by atoms with Gasteiger partial charge in [0.05, 0.1) is 12.2 Å². The lowest BCUT2D eigenvalue weighted by molar-refractivity contribution is -0.110. The third-order valence-corrected chi connectivity index (χ3v) is 7.55. The van der Waals surface area contributed by atoms with E-state index in [-0.39, 0.29) is 34.7 Å². The fraction of sp³-hybridized carbons (Fsp3) is 0.438. The zero-order valence-corrected chi connectivity index (χ0v) is 22.1. The molecule has 0 spiro atoms. The Balaban J connectivity index is 1.45. The lowest BCUT2D eigenvalue weighted by Crippen LogP contribution is -2.54. The van der Waals surface area contributed by atoms with Gasteiger partial charge in [0.2, 0.25) is 0 Å². The van der Waals surface area contributed by atoms with Gasteiger partial charge in [0.1, 0.15) is 23.4 Å². The fourth-order valence-corrected chi connectivity index (χ4v) is 5.25. The van der Waals surface area contributed by atoms with Gasteiger partial charge in [-0.2, -0.15) is 0 Å². The van der Waals surface area contributed by atoms with Crippen molar-refractivity contribution in [2.75, 3.05) is 0 Å². The Labute approximate surface area is 215 Å². The van der Waals surface area contributed by atoms with Crippen LogP contribution < -0.4 is 4.74 Å². The zero-order chi connectivity index (χ0) is 25.8. The van der Waals surface area contributed by atoms with Crippen molar-refractivity contribution in [3.8, 4) is 5.75 Å². The highest BCUT2D eigenvalue weighted by Crippen LogP contribution is 2.45. The maximum Gasteiger partial charge on any atom is 0.134 e. The summed E-state index contributed by atoms with van der Waals surface area (Å²) in [5.41, 5.74) is 2.77. The van der Waals surface area contributed by atoms with Crippen LogP contribution in [-0.4, -0.2) is 28.5 Å². The van der Waals surface area contributed by atoms with E-state index in [4.69, 9.17) is 9.47 Å². The van der Waals surface area contributed by atoms with E-state index in [1.807, 2.05) is 48.6 Å². The van der Waals surface area contributed by atoms with Gasteiger partial charge in [0, 0.05) is 34.1 Å². The Morgan fingerprint density at radius 1 is 0.778 bits per heavy atom. The van der Waals surface area contributed by atoms with Gasteiger partial charge >= 0.3 is 0 Å². The maximum atomic E-state index is 11.2. The van der Waals surface area contributed by atoms with Crippen molar-refractivity contribution in [3.63, 3.8) is 0 Å². The third-order valence-electron chi connectivity index (χ3n) is 7.55. The first-order chi connectivity index (χ1) is 16.9. The normalized spacial score (nSPS) is 33.7. The smallest absolute Gasteiger partial charge is 0.134 e. The van der Waals surface area contributed by atoms with Crippen molar-refractivity contribution < 1.29 is 19.7 Å². The topological polar surface area (TPSA) is 58.9 Å². The van der Waals surface area contributed by atoms with Crippen LogP contribution in [0.15, 0.2) is 90.0 Å². The first kappa shape index (κ1) is 24.9. The second-order valence-electron chi connectivity index (χ2n) is 12.4. The van der Waals surface area contributed by atoms with Crippen molar-refractivity contribution in [1.82, 2.24) is 0 Å². The van der Waals surface area contributed by atoms with Crippen molar-refractivity contribution >= 4 is 5.57 Å². The SMILES string of the molecule is CC(C)(C)C1=C/C(=C\C2C(O)C(/C=C3\C=C(C(C)(C)C)OC4C=CC=CC34)C2O)c2ccccc2O1. The molecule has 2 heterocycles. The van der Waals surface area contributed by atoms with Crippen molar-refractivity contribution in [3.05, 3.63) is 95.5 Å². The van der Waals surface area contributed by atoms with Crippen LogP contribution in [0.25, 0.3) is 5.57 Å². The molecule has 2 aliphatic carbocycles. The number of rotatable bonds is 2. The number of hydrogen-bond acceptors (Lipinski definition) is 4. The zero-order valence-electron chi connectivity index (χ0n) is 22.1. The monoisotopic (exact) mass is 486 g/mol. The summed E-state index contributed by atoms with van der Waals surface area (Å²) in [6, 6.07) is 7.94. The molecule has 0 aromatic heterocycles. The molecule has 4 atom stereocenters. The minimum absolute atomic E-state index is 0.0625. The molecule has 1 aromatic rings. The van der Waals surface area contributed by atoms with Gasteiger partial charge in [-0.3, -0.25) is 0 Å². The van der Waals surface area contributed by atoms with E-state index in [0.717, 1.165) is 34.0 Å². The first-order valence-electron chi connectivity index (χ1n) is 13.0. The summed E-state index contributed by atoms with van der Waals surface area (Å²) in [7, 11) is 0. The molecular formula is C32H38O4. The van der Waals surface area contributed by atoms with Gasteiger partial charge in [0.15, 0.2) is 0 Å². The number of hydrogen-bond donors (Lipinski definition) is 2. The van der Waals surface area contributed by atoms with Gasteiger partial charge < -0.3 is 19.7 Å². The summed E-state index contributed by atoms with van der Waals surface area (Å²) >= 11 is 0. The standard InChI is InChI=1S/C32H38O4/c1-31(2,3)27-17-19(21-11-7-9-13-25(21)35-27)15-23-29(33)24(30(23)34)16-20-18-28(32(4,5)6)36-26-14-10-8-12-22(20)26/h7-18,21,23-25,29-30,33-34H,1-6H3/b19-15+,20-16+. The van der Waals surface area contributed by atoms with Gasteiger partial charge in [-0.1, -0.05) is 90.1 Å². The van der Waals surface area contributed by atoms with Crippen LogP contribution in [0.3, 0.4) is 0 Å². The van der Waals surface area contributed by atoms with Crippen LogP contribution in [0.4, 0.5) is 0 Å². The molecule has 4 heteroatoms. The molecule has 0 amide bonds. The highest BCUT2D eigenvalue weighted by Gasteiger charge is 2.47. The third kappa shape index (κ3) is 4.53. The molecule has 2 aliphatic heterocycles. The van der Waals surface area contributed by atoms with E-state index in [1.54, 1.807) is 0 Å². The van der Waals surface area contributed by atoms with Gasteiger partial charge in [-0.05, 0) is 35.4 Å². The summed E-state index contributed by atoms with van der Waals surface area (Å²) in [5.74, 6) is 2.00. The van der Waals surface area contributed by atoms with Crippen molar-refractivity contribution in [2.45, 2.75) is 59.9 Å². The summed E-state index contributed by atoms with van der Waals surface area (Å²) in [6.07, 6.45) is 15.1. The number of para-hydroxylation sites is 1. The predicted octanol–water partition coefficient (Wildman–Crippen LogP) is 6.36. The van der Waals surface area contributed by atoms with Crippen LogP contribution in [0.1, 0.15) is 47.1 Å². The predicted molar refractivity (Wildman–Crippen MR) is 144 cm³/mol. The van der Waals surface area contributed by atoms with E-state index < -0.39 is 12.2 Å². The second-order valence-corrected chi connectivity index (χ2v) is 12.4. The average molecular weight is 487 g/mol. The Morgan fingerprint density at radius 3 is 2.11 bits per heavy atom. The molecule has 2 N–H and O–H groups in total. The van der Waals surface area contributed by atoms with Crippen LogP contribution in [0.5, 0.6) is 5.75 Å². The van der Waals surface area contributed by atoms with Crippen LogP contribution in [0.2, 0.25) is 0 Å². The van der Waals surface area contributed by atoms with E-state index in [9.17, 15) is 10.2 Å². The highest BCUT2D eigenvalue weighted by molar-refractivity contribution is 5.80. The van der Waals surface area contributed by atoms with E-state index in [0.29, 0.717) is 0 Å². The first-order valence-corrected chi connectivity index (χ1v) is 13.0. The number of aliphatic hydroxyl groups is 2.